The first kappa shape index (κ1) is 16.9. The second-order valence-electron chi connectivity index (χ2n) is 5.45. The zero-order valence-electron chi connectivity index (χ0n) is 12.6. The maximum atomic E-state index is 13.6. The lowest BCUT2D eigenvalue weighted by molar-refractivity contribution is -0.00535. The third-order valence-corrected chi connectivity index (χ3v) is 3.66. The number of aliphatic hydroxyl groups excluding tert-OH is 1. The fourth-order valence-corrected chi connectivity index (χ4v) is 2.63. The Morgan fingerprint density at radius 1 is 1.55 bits per heavy atom. The molecule has 3 rings (SSSR count). The predicted molar refractivity (Wildman–Crippen MR) is 82.5 cm³/mol. The number of halogens is 2. The second-order valence-corrected chi connectivity index (χ2v) is 5.83. The summed E-state index contributed by atoms with van der Waals surface area (Å²) >= 11 is 5.88. The average molecular weight is 331 g/mol. The molecule has 122 valence electrons. The zero-order chi connectivity index (χ0) is 16.3. The van der Waals surface area contributed by atoms with Crippen LogP contribution in [-0.4, -0.2) is 39.0 Å². The Morgan fingerprint density at radius 3 is 2.77 bits per heavy atom. The van der Waals surface area contributed by atoms with E-state index in [-0.39, 0.29) is 28.5 Å². The van der Waals surface area contributed by atoms with Crippen LogP contribution in [0.5, 0.6) is 0 Å². The Bertz CT molecular complexity index is 641. The number of hydrogen-bond donors (Lipinski definition) is 2. The van der Waals surface area contributed by atoms with Gasteiger partial charge in [0.25, 0.3) is 0 Å². The molecule has 0 radical (unpaired) electrons. The highest BCUT2D eigenvalue weighted by Gasteiger charge is 2.20. The molecule has 1 aliphatic rings. The fraction of sp³-hybridized carbons (Fsp3) is 0.571. The van der Waals surface area contributed by atoms with Gasteiger partial charge in [-0.1, -0.05) is 25.4 Å². The van der Waals surface area contributed by atoms with Crippen molar-refractivity contribution in [2.45, 2.75) is 38.7 Å². The van der Waals surface area contributed by atoms with Crippen molar-refractivity contribution in [3.05, 3.63) is 22.7 Å². The largest absolute Gasteiger partial charge is 0.391 e. The molecule has 2 aromatic heterocycles. The molecular formula is C14H20ClFN4O2. The molecule has 6 nitrogen and oxygen atoms in total. The quantitative estimate of drug-likeness (QED) is 0.838. The summed E-state index contributed by atoms with van der Waals surface area (Å²) in [6.07, 6.45) is 3.07. The summed E-state index contributed by atoms with van der Waals surface area (Å²) in [5.41, 5.74) is 6.30. The Labute approximate surface area is 133 Å². The highest BCUT2D eigenvalue weighted by Crippen LogP contribution is 2.30. The van der Waals surface area contributed by atoms with Gasteiger partial charge in [0.2, 0.25) is 5.95 Å². The van der Waals surface area contributed by atoms with Gasteiger partial charge in [0, 0.05) is 6.61 Å². The molecule has 2 aromatic rings. The molecule has 3 heterocycles. The summed E-state index contributed by atoms with van der Waals surface area (Å²) in [6, 6.07) is 0. The van der Waals surface area contributed by atoms with Crippen molar-refractivity contribution >= 4 is 23.1 Å². The van der Waals surface area contributed by atoms with Gasteiger partial charge in [0.05, 0.1) is 24.6 Å². The van der Waals surface area contributed by atoms with Gasteiger partial charge >= 0.3 is 0 Å². The lowest BCUT2D eigenvalue weighted by atomic mass is 10.1. The van der Waals surface area contributed by atoms with Gasteiger partial charge in [0.15, 0.2) is 5.82 Å². The molecule has 8 heteroatoms. The van der Waals surface area contributed by atoms with Crippen LogP contribution in [0.1, 0.15) is 38.3 Å². The molecule has 3 N–H and O–H groups in total. The first-order valence-corrected chi connectivity index (χ1v) is 7.53. The molecule has 0 bridgehead atoms. The Hall–Kier alpha value is -1.44. The third kappa shape index (κ3) is 3.66. The molecule has 0 aliphatic carbocycles. The van der Waals surface area contributed by atoms with E-state index in [2.05, 4.69) is 10.1 Å². The van der Waals surface area contributed by atoms with Crippen molar-refractivity contribution < 1.29 is 14.2 Å². The van der Waals surface area contributed by atoms with Crippen LogP contribution in [0.4, 0.5) is 10.3 Å². The van der Waals surface area contributed by atoms with Crippen LogP contribution in [0, 0.1) is 5.82 Å². The van der Waals surface area contributed by atoms with Crippen molar-refractivity contribution in [3.8, 4) is 0 Å². The standard InChI is InChI=1S/C9H10ClFN4.C5H10O2/c1-4(2)8-6(10)7(11)5-3-13-9(12)14-15(5)8;6-5-2-1-3-7-4-5/h3-4H,1-2H3,(H2,12,14);5-6H,1-4H2. The number of aromatic nitrogens is 3. The molecule has 1 unspecified atom stereocenters. The smallest absolute Gasteiger partial charge is 0.238 e. The number of rotatable bonds is 1. The van der Waals surface area contributed by atoms with Gasteiger partial charge in [-0.25, -0.2) is 13.9 Å². The number of ether oxygens (including phenoxy) is 1. The summed E-state index contributed by atoms with van der Waals surface area (Å²) < 4.78 is 20.0. The van der Waals surface area contributed by atoms with Crippen molar-refractivity contribution in [2.75, 3.05) is 18.9 Å². The molecule has 1 aliphatic heterocycles. The van der Waals surface area contributed by atoms with Crippen LogP contribution in [0.15, 0.2) is 6.20 Å². The molecule has 0 saturated carbocycles. The van der Waals surface area contributed by atoms with E-state index >= 15 is 0 Å². The number of nitrogens with two attached hydrogens (primary N) is 1. The molecule has 1 atom stereocenters. The van der Waals surface area contributed by atoms with E-state index < -0.39 is 5.82 Å². The van der Waals surface area contributed by atoms with Crippen molar-refractivity contribution in [2.24, 2.45) is 0 Å². The minimum Gasteiger partial charge on any atom is -0.391 e. The molecule has 0 amide bonds. The van der Waals surface area contributed by atoms with Gasteiger partial charge < -0.3 is 15.6 Å². The molecule has 0 spiro atoms. The minimum atomic E-state index is -0.500. The van der Waals surface area contributed by atoms with Gasteiger partial charge in [-0.3, -0.25) is 0 Å². The number of nitrogens with zero attached hydrogens (tertiary/aromatic N) is 3. The second kappa shape index (κ2) is 7.21. The van der Waals surface area contributed by atoms with Crippen molar-refractivity contribution in [1.29, 1.82) is 0 Å². The summed E-state index contributed by atoms with van der Waals surface area (Å²) in [5.74, 6) is -0.347. The Kier molecular flexibility index (Phi) is 5.55. The molecule has 22 heavy (non-hydrogen) atoms. The minimum absolute atomic E-state index is 0.0591. The monoisotopic (exact) mass is 330 g/mol. The molecule has 0 aromatic carbocycles. The van der Waals surface area contributed by atoms with Crippen LogP contribution in [0.2, 0.25) is 5.02 Å². The maximum absolute atomic E-state index is 13.6. The van der Waals surface area contributed by atoms with Crippen LogP contribution in [0.25, 0.3) is 5.52 Å². The highest BCUT2D eigenvalue weighted by molar-refractivity contribution is 6.32. The lowest BCUT2D eigenvalue weighted by Gasteiger charge is -2.15. The van der Waals surface area contributed by atoms with E-state index in [1.165, 1.54) is 10.7 Å². The Morgan fingerprint density at radius 2 is 2.27 bits per heavy atom. The lowest BCUT2D eigenvalue weighted by Crippen LogP contribution is -2.21. The number of hydrogen-bond acceptors (Lipinski definition) is 5. The van der Waals surface area contributed by atoms with Gasteiger partial charge in [-0.05, 0) is 18.8 Å². The number of fused-ring (bicyclic) bond motifs is 1. The van der Waals surface area contributed by atoms with E-state index in [0.29, 0.717) is 12.3 Å². The number of nitrogen functional groups attached to an aromatic ring is 1. The summed E-state index contributed by atoms with van der Waals surface area (Å²) in [5, 5.41) is 12.8. The van der Waals surface area contributed by atoms with E-state index in [9.17, 15) is 4.39 Å². The first-order chi connectivity index (χ1) is 10.4. The first-order valence-electron chi connectivity index (χ1n) is 7.15. The predicted octanol–water partition coefficient (Wildman–Crippen LogP) is 2.39. The zero-order valence-corrected chi connectivity index (χ0v) is 13.3. The van der Waals surface area contributed by atoms with Crippen LogP contribution in [-0.2, 0) is 4.74 Å². The summed E-state index contributed by atoms with van der Waals surface area (Å²) in [4.78, 5) is 3.73. The third-order valence-electron chi connectivity index (χ3n) is 3.30. The van der Waals surface area contributed by atoms with Gasteiger partial charge in [0.1, 0.15) is 10.5 Å². The summed E-state index contributed by atoms with van der Waals surface area (Å²) in [6.45, 7) is 5.19. The van der Waals surface area contributed by atoms with Gasteiger partial charge in [-0.15, -0.1) is 5.10 Å². The highest BCUT2D eigenvalue weighted by atomic mass is 35.5. The Balaban J connectivity index is 0.000000211. The van der Waals surface area contributed by atoms with E-state index in [1.54, 1.807) is 0 Å². The average Bonchev–Trinajstić information content (AvgIpc) is 2.72. The van der Waals surface area contributed by atoms with Crippen LogP contribution < -0.4 is 5.73 Å². The molecule has 1 fully saturated rings. The van der Waals surface area contributed by atoms with Crippen molar-refractivity contribution in [1.82, 2.24) is 14.6 Å². The molecular weight excluding hydrogens is 311 g/mol. The number of aliphatic hydroxyl groups is 1. The van der Waals surface area contributed by atoms with Crippen molar-refractivity contribution in [3.63, 3.8) is 0 Å². The van der Waals surface area contributed by atoms with Crippen LogP contribution in [0.3, 0.4) is 0 Å². The normalized spacial score (nSPS) is 18.4. The fourth-order valence-electron chi connectivity index (χ4n) is 2.24. The maximum Gasteiger partial charge on any atom is 0.238 e. The van der Waals surface area contributed by atoms with E-state index in [4.69, 9.17) is 27.2 Å². The van der Waals surface area contributed by atoms with Gasteiger partial charge in [-0.2, -0.15) is 0 Å². The number of anilines is 1. The van der Waals surface area contributed by atoms with Crippen LogP contribution >= 0.6 is 11.6 Å². The topological polar surface area (TPSA) is 85.7 Å². The summed E-state index contributed by atoms with van der Waals surface area (Å²) in [7, 11) is 0. The van der Waals surface area contributed by atoms with E-state index in [0.717, 1.165) is 19.4 Å². The molecule has 1 saturated heterocycles. The van der Waals surface area contributed by atoms with E-state index in [1.807, 2.05) is 13.8 Å². The SMILES string of the molecule is CC(C)c1c(Cl)c(F)c2cnc(N)nn12.OC1CCCOC1.